The van der Waals surface area contributed by atoms with Crippen molar-refractivity contribution in [1.29, 1.82) is 0 Å². The topological polar surface area (TPSA) is 58.6 Å². The lowest BCUT2D eigenvalue weighted by molar-refractivity contribution is -0.143. The van der Waals surface area contributed by atoms with Gasteiger partial charge in [0.15, 0.2) is 6.61 Å². The Kier molecular flexibility index (Phi) is 9.33. The van der Waals surface area contributed by atoms with Gasteiger partial charge in [-0.1, -0.05) is 115 Å². The van der Waals surface area contributed by atoms with Crippen LogP contribution in [0.2, 0.25) is 5.02 Å². The molecule has 4 aromatic rings. The SMILES string of the molecule is O=C(NCCc1ccccc1)[C@H](c1ccccc1)N(Cc1ccccc1)C(=O)COc1ccccc1Cl. The molecule has 5 nitrogen and oxygen atoms in total. The van der Waals surface area contributed by atoms with Crippen LogP contribution in [0.1, 0.15) is 22.7 Å². The van der Waals surface area contributed by atoms with Crippen molar-refractivity contribution in [1.82, 2.24) is 10.2 Å². The van der Waals surface area contributed by atoms with Crippen LogP contribution in [0.4, 0.5) is 0 Å². The van der Waals surface area contributed by atoms with Crippen LogP contribution in [0.25, 0.3) is 0 Å². The number of amides is 2. The van der Waals surface area contributed by atoms with E-state index >= 15 is 0 Å². The number of halogens is 1. The van der Waals surface area contributed by atoms with Crippen molar-refractivity contribution in [3.8, 4) is 5.75 Å². The summed E-state index contributed by atoms with van der Waals surface area (Å²) in [6.07, 6.45) is 0.691. The maximum Gasteiger partial charge on any atom is 0.261 e. The Hall–Kier alpha value is -4.09. The van der Waals surface area contributed by atoms with Crippen molar-refractivity contribution < 1.29 is 14.3 Å². The molecule has 0 aliphatic carbocycles. The van der Waals surface area contributed by atoms with Crippen molar-refractivity contribution in [2.24, 2.45) is 0 Å². The number of benzene rings is 4. The molecule has 0 aromatic heterocycles. The number of ether oxygens (including phenoxy) is 1. The van der Waals surface area contributed by atoms with E-state index in [2.05, 4.69) is 5.32 Å². The summed E-state index contributed by atoms with van der Waals surface area (Å²) in [5.74, 6) is -0.152. The quantitative estimate of drug-likeness (QED) is 0.274. The van der Waals surface area contributed by atoms with E-state index in [-0.39, 0.29) is 25.0 Å². The number of rotatable bonds is 11. The maximum absolute atomic E-state index is 13.6. The Labute approximate surface area is 222 Å². The number of carbonyl (C=O) groups is 2. The van der Waals surface area contributed by atoms with E-state index in [1.54, 1.807) is 29.2 Å². The van der Waals surface area contributed by atoms with Gasteiger partial charge in [0.25, 0.3) is 5.91 Å². The number of nitrogens with zero attached hydrogens (tertiary/aromatic N) is 1. The third-order valence-corrected chi connectivity index (χ3v) is 6.25. The zero-order chi connectivity index (χ0) is 25.9. The molecule has 0 radical (unpaired) electrons. The Morgan fingerprint density at radius 3 is 1.97 bits per heavy atom. The molecule has 1 N–H and O–H groups in total. The molecule has 0 fully saturated rings. The predicted molar refractivity (Wildman–Crippen MR) is 146 cm³/mol. The molecule has 0 heterocycles. The first-order valence-electron chi connectivity index (χ1n) is 12.2. The fourth-order valence-electron chi connectivity index (χ4n) is 4.07. The summed E-state index contributed by atoms with van der Waals surface area (Å²) in [6.45, 7) is 0.449. The number of hydrogen-bond donors (Lipinski definition) is 1. The first-order valence-corrected chi connectivity index (χ1v) is 12.6. The zero-order valence-electron chi connectivity index (χ0n) is 20.4. The second-order valence-corrected chi connectivity index (χ2v) is 8.97. The highest BCUT2D eigenvalue weighted by atomic mass is 35.5. The third-order valence-electron chi connectivity index (χ3n) is 5.93. The van der Waals surface area contributed by atoms with Crippen LogP contribution in [-0.2, 0) is 22.6 Å². The molecule has 0 spiro atoms. The average molecular weight is 513 g/mol. The lowest BCUT2D eigenvalue weighted by Gasteiger charge is -2.31. The van der Waals surface area contributed by atoms with Crippen molar-refractivity contribution >= 4 is 23.4 Å². The molecule has 4 aromatic carbocycles. The lowest BCUT2D eigenvalue weighted by atomic mass is 10.0. The van der Waals surface area contributed by atoms with Crippen molar-refractivity contribution in [3.63, 3.8) is 0 Å². The molecule has 0 saturated carbocycles. The molecule has 2 amide bonds. The van der Waals surface area contributed by atoms with E-state index in [0.29, 0.717) is 23.7 Å². The largest absolute Gasteiger partial charge is 0.482 e. The van der Waals surface area contributed by atoms with Crippen LogP contribution >= 0.6 is 11.6 Å². The summed E-state index contributed by atoms with van der Waals surface area (Å²) in [4.78, 5) is 28.8. The molecule has 0 bridgehead atoms. The monoisotopic (exact) mass is 512 g/mol. The average Bonchev–Trinajstić information content (AvgIpc) is 2.94. The van der Waals surface area contributed by atoms with Gasteiger partial charge in [-0.05, 0) is 35.2 Å². The first kappa shape index (κ1) is 26.0. The van der Waals surface area contributed by atoms with E-state index in [9.17, 15) is 9.59 Å². The summed E-state index contributed by atoms with van der Waals surface area (Å²) < 4.78 is 5.77. The van der Waals surface area contributed by atoms with E-state index in [0.717, 1.165) is 16.7 Å². The van der Waals surface area contributed by atoms with Gasteiger partial charge in [-0.2, -0.15) is 0 Å². The Morgan fingerprint density at radius 1 is 0.757 bits per heavy atom. The minimum absolute atomic E-state index is 0.246. The smallest absolute Gasteiger partial charge is 0.261 e. The van der Waals surface area contributed by atoms with Crippen LogP contribution in [0.15, 0.2) is 115 Å². The van der Waals surface area contributed by atoms with Gasteiger partial charge >= 0.3 is 0 Å². The van der Waals surface area contributed by atoms with Gasteiger partial charge in [0.2, 0.25) is 5.91 Å². The van der Waals surface area contributed by atoms with Crippen LogP contribution in [-0.4, -0.2) is 29.9 Å². The fraction of sp³-hybridized carbons (Fsp3) is 0.161. The number of nitrogens with one attached hydrogen (secondary N) is 1. The minimum atomic E-state index is -0.834. The van der Waals surface area contributed by atoms with Gasteiger partial charge in [0, 0.05) is 13.1 Å². The van der Waals surface area contributed by atoms with E-state index in [1.165, 1.54) is 0 Å². The highest BCUT2D eigenvalue weighted by molar-refractivity contribution is 6.32. The molecular weight excluding hydrogens is 484 g/mol. The molecule has 1 atom stereocenters. The first-order chi connectivity index (χ1) is 18.1. The molecule has 37 heavy (non-hydrogen) atoms. The Bertz CT molecular complexity index is 1280. The minimum Gasteiger partial charge on any atom is -0.482 e. The molecule has 0 aliphatic heterocycles. The van der Waals surface area contributed by atoms with Gasteiger partial charge in [-0.15, -0.1) is 0 Å². The molecular formula is C31H29ClN2O3. The Balaban J connectivity index is 1.58. The standard InChI is InChI=1S/C31H29ClN2O3/c32-27-18-10-11-19-28(27)37-23-29(35)34(22-25-14-6-2-7-15-25)30(26-16-8-3-9-17-26)31(36)33-21-20-24-12-4-1-5-13-24/h1-19,30H,20-23H2,(H,33,36)/t30-/m0/s1. The van der Waals surface area contributed by atoms with Gasteiger partial charge < -0.3 is 15.0 Å². The predicted octanol–water partition coefficient (Wildman–Crippen LogP) is 5.85. The van der Waals surface area contributed by atoms with Gasteiger partial charge in [0.1, 0.15) is 11.8 Å². The van der Waals surface area contributed by atoms with Crippen molar-refractivity contribution in [3.05, 3.63) is 137 Å². The molecule has 0 aliphatic rings. The molecule has 4 rings (SSSR count). The second-order valence-electron chi connectivity index (χ2n) is 8.57. The summed E-state index contributed by atoms with van der Waals surface area (Å²) in [7, 11) is 0. The van der Waals surface area contributed by atoms with Crippen LogP contribution < -0.4 is 10.1 Å². The number of carbonyl (C=O) groups excluding carboxylic acids is 2. The van der Waals surface area contributed by atoms with E-state index in [1.807, 2.05) is 91.0 Å². The molecule has 6 heteroatoms. The third kappa shape index (κ3) is 7.45. The summed E-state index contributed by atoms with van der Waals surface area (Å²) in [5.41, 5.74) is 2.76. The van der Waals surface area contributed by atoms with Gasteiger partial charge in [-0.3, -0.25) is 9.59 Å². The van der Waals surface area contributed by atoms with Gasteiger partial charge in [-0.25, -0.2) is 0 Å². The van der Waals surface area contributed by atoms with Crippen LogP contribution in [0.5, 0.6) is 5.75 Å². The summed E-state index contributed by atoms with van der Waals surface area (Å²) in [6, 6.07) is 35.1. The van der Waals surface area contributed by atoms with E-state index in [4.69, 9.17) is 16.3 Å². The molecule has 0 saturated heterocycles. The molecule has 188 valence electrons. The maximum atomic E-state index is 13.6. The molecule has 0 unspecified atom stereocenters. The Morgan fingerprint density at radius 2 is 1.32 bits per heavy atom. The lowest BCUT2D eigenvalue weighted by Crippen LogP contribution is -2.45. The number of hydrogen-bond acceptors (Lipinski definition) is 3. The highest BCUT2D eigenvalue weighted by Gasteiger charge is 2.31. The van der Waals surface area contributed by atoms with Crippen molar-refractivity contribution in [2.75, 3.05) is 13.2 Å². The van der Waals surface area contributed by atoms with Gasteiger partial charge in [0.05, 0.1) is 5.02 Å². The normalized spacial score (nSPS) is 11.4. The number of para-hydroxylation sites is 1. The van der Waals surface area contributed by atoms with Crippen molar-refractivity contribution in [2.45, 2.75) is 19.0 Å². The van der Waals surface area contributed by atoms with Crippen LogP contribution in [0.3, 0.4) is 0 Å². The zero-order valence-corrected chi connectivity index (χ0v) is 21.2. The van der Waals surface area contributed by atoms with Crippen LogP contribution in [0, 0.1) is 0 Å². The fourth-order valence-corrected chi connectivity index (χ4v) is 4.26. The summed E-state index contributed by atoms with van der Waals surface area (Å²) in [5, 5.41) is 3.46. The van der Waals surface area contributed by atoms with E-state index < -0.39 is 6.04 Å². The summed E-state index contributed by atoms with van der Waals surface area (Å²) >= 11 is 6.22. The highest BCUT2D eigenvalue weighted by Crippen LogP contribution is 2.26. The second kappa shape index (κ2) is 13.3.